The minimum absolute atomic E-state index is 0.0922. The number of nitrogens with two attached hydrogens (primary N) is 1. The van der Waals surface area contributed by atoms with Gasteiger partial charge in [-0.3, -0.25) is 14.5 Å². The molecule has 6 nitrogen and oxygen atoms in total. The molecule has 2 aliphatic heterocycles. The SMILES string of the molecule is C=CCN1C(=O)[C@]2(C(C#N)=C(N)N(c3ccc(F)cc3F)C3=C2C(=O)CCC3)c2ccccc21. The molecule has 170 valence electrons. The molecular formula is C26H20F2N4O2. The molecule has 0 radical (unpaired) electrons. The van der Waals surface area contributed by atoms with E-state index in [1.165, 1.54) is 15.9 Å². The highest BCUT2D eigenvalue weighted by Gasteiger charge is 2.62. The maximum atomic E-state index is 14.9. The van der Waals surface area contributed by atoms with Gasteiger partial charge >= 0.3 is 0 Å². The number of hydrogen-bond donors (Lipinski definition) is 1. The van der Waals surface area contributed by atoms with E-state index in [0.717, 1.165) is 6.07 Å². The number of amides is 1. The topological polar surface area (TPSA) is 90.4 Å². The predicted octanol–water partition coefficient (Wildman–Crippen LogP) is 3.96. The molecule has 1 amide bonds. The minimum atomic E-state index is -1.74. The lowest BCUT2D eigenvalue weighted by atomic mass is 9.63. The monoisotopic (exact) mass is 458 g/mol. The van der Waals surface area contributed by atoms with E-state index in [1.54, 1.807) is 30.3 Å². The first kappa shape index (κ1) is 21.6. The number of hydrogen-bond acceptors (Lipinski definition) is 5. The van der Waals surface area contributed by atoms with Crippen LogP contribution in [0.5, 0.6) is 0 Å². The lowest BCUT2D eigenvalue weighted by Gasteiger charge is -2.43. The Labute approximate surface area is 194 Å². The highest BCUT2D eigenvalue weighted by Crippen LogP contribution is 2.56. The Morgan fingerprint density at radius 3 is 2.62 bits per heavy atom. The number of anilines is 2. The highest BCUT2D eigenvalue weighted by atomic mass is 19.1. The molecule has 0 aromatic heterocycles. The number of carbonyl (C=O) groups excluding carboxylic acids is 2. The zero-order valence-corrected chi connectivity index (χ0v) is 18.1. The highest BCUT2D eigenvalue weighted by molar-refractivity contribution is 6.20. The van der Waals surface area contributed by atoms with Gasteiger partial charge in [-0.25, -0.2) is 8.78 Å². The van der Waals surface area contributed by atoms with E-state index in [0.29, 0.717) is 35.9 Å². The summed E-state index contributed by atoms with van der Waals surface area (Å²) < 4.78 is 28.5. The van der Waals surface area contributed by atoms with Crippen LogP contribution in [0.2, 0.25) is 0 Å². The first-order chi connectivity index (χ1) is 16.4. The third-order valence-corrected chi connectivity index (χ3v) is 6.64. The molecule has 0 saturated heterocycles. The number of Topliss-reactive ketones (excluding diaryl/α,β-unsaturated/α-hetero) is 1. The molecule has 2 aromatic carbocycles. The Bertz CT molecular complexity index is 1390. The van der Waals surface area contributed by atoms with Crippen molar-refractivity contribution in [2.24, 2.45) is 5.73 Å². The van der Waals surface area contributed by atoms with Gasteiger partial charge in [0.25, 0.3) is 0 Å². The first-order valence-electron chi connectivity index (χ1n) is 10.8. The largest absolute Gasteiger partial charge is 0.384 e. The van der Waals surface area contributed by atoms with Crippen LogP contribution in [-0.2, 0) is 15.0 Å². The van der Waals surface area contributed by atoms with Gasteiger partial charge in [0.15, 0.2) is 5.78 Å². The van der Waals surface area contributed by atoms with E-state index in [2.05, 4.69) is 12.6 Å². The van der Waals surface area contributed by atoms with E-state index in [-0.39, 0.29) is 41.4 Å². The Balaban J connectivity index is 1.89. The van der Waals surface area contributed by atoms with Crippen molar-refractivity contribution >= 4 is 23.1 Å². The summed E-state index contributed by atoms with van der Waals surface area (Å²) in [7, 11) is 0. The van der Waals surface area contributed by atoms with Gasteiger partial charge in [0.1, 0.15) is 28.9 Å². The van der Waals surface area contributed by atoms with Crippen LogP contribution < -0.4 is 15.5 Å². The second-order valence-corrected chi connectivity index (χ2v) is 8.37. The third-order valence-electron chi connectivity index (χ3n) is 6.64. The van der Waals surface area contributed by atoms with Gasteiger partial charge < -0.3 is 10.6 Å². The van der Waals surface area contributed by atoms with Crippen LogP contribution in [0, 0.1) is 23.0 Å². The summed E-state index contributed by atoms with van der Waals surface area (Å²) in [6, 6.07) is 12.0. The second-order valence-electron chi connectivity index (χ2n) is 8.37. The number of benzene rings is 2. The molecule has 0 saturated carbocycles. The summed E-state index contributed by atoms with van der Waals surface area (Å²) in [5, 5.41) is 10.3. The van der Waals surface area contributed by atoms with Gasteiger partial charge in [0.2, 0.25) is 5.91 Å². The molecule has 2 N–H and O–H groups in total. The first-order valence-corrected chi connectivity index (χ1v) is 10.8. The third kappa shape index (κ3) is 2.64. The van der Waals surface area contributed by atoms with Gasteiger partial charge in [0.05, 0.1) is 11.3 Å². The molecule has 5 rings (SSSR count). The van der Waals surface area contributed by atoms with Crippen LogP contribution in [0.4, 0.5) is 20.2 Å². The summed E-state index contributed by atoms with van der Waals surface area (Å²) in [6.45, 7) is 3.90. The van der Waals surface area contributed by atoms with Crippen LogP contribution in [0.3, 0.4) is 0 Å². The smallest absolute Gasteiger partial charge is 0.248 e. The molecule has 34 heavy (non-hydrogen) atoms. The van der Waals surface area contributed by atoms with Crippen LogP contribution in [0.1, 0.15) is 24.8 Å². The quantitative estimate of drug-likeness (QED) is 0.704. The van der Waals surface area contributed by atoms with Gasteiger partial charge in [0, 0.05) is 41.6 Å². The van der Waals surface area contributed by atoms with Crippen molar-refractivity contribution in [3.63, 3.8) is 0 Å². The standard InChI is InChI=1S/C26H20F2N4O2/c1-2-12-31-19-7-4-3-6-16(19)26(25(31)34)17(14-29)24(30)32(20-11-10-15(27)13-18(20)28)21-8-5-9-22(33)23(21)26/h2-4,6-7,10-11,13H,1,5,8-9,12,30H2/t26-/m0/s1. The van der Waals surface area contributed by atoms with Crippen LogP contribution in [0.15, 0.2) is 77.8 Å². The summed E-state index contributed by atoms with van der Waals surface area (Å²) in [4.78, 5) is 30.4. The molecule has 8 heteroatoms. The van der Waals surface area contributed by atoms with Crippen molar-refractivity contribution in [3.05, 3.63) is 95.0 Å². The normalized spacial score (nSPS) is 21.7. The Morgan fingerprint density at radius 2 is 1.91 bits per heavy atom. The van der Waals surface area contributed by atoms with Crippen molar-refractivity contribution < 1.29 is 18.4 Å². The van der Waals surface area contributed by atoms with Gasteiger partial charge in [-0.2, -0.15) is 5.26 Å². The minimum Gasteiger partial charge on any atom is -0.384 e. The lowest BCUT2D eigenvalue weighted by Crippen LogP contribution is -2.52. The van der Waals surface area contributed by atoms with Gasteiger partial charge in [-0.05, 0) is 31.0 Å². The van der Waals surface area contributed by atoms with E-state index in [1.807, 2.05) is 0 Å². The van der Waals surface area contributed by atoms with E-state index >= 15 is 0 Å². The number of nitriles is 1. The fourth-order valence-electron chi connectivity index (χ4n) is 5.38. The Kier molecular flexibility index (Phi) is 4.87. The summed E-state index contributed by atoms with van der Waals surface area (Å²) in [5.41, 5.74) is 6.02. The summed E-state index contributed by atoms with van der Waals surface area (Å²) >= 11 is 0. The van der Waals surface area contributed by atoms with Crippen LogP contribution in [-0.4, -0.2) is 18.2 Å². The molecule has 3 aliphatic rings. The number of fused-ring (bicyclic) bond motifs is 3. The molecule has 1 spiro atoms. The molecule has 0 fully saturated rings. The number of halogens is 2. The molecule has 0 unspecified atom stereocenters. The van der Waals surface area contributed by atoms with Crippen LogP contribution >= 0.6 is 0 Å². The van der Waals surface area contributed by atoms with Gasteiger partial charge in [-0.1, -0.05) is 24.3 Å². The molecule has 1 aliphatic carbocycles. The van der Waals surface area contributed by atoms with Crippen molar-refractivity contribution in [1.29, 1.82) is 5.26 Å². The molecule has 0 bridgehead atoms. The van der Waals surface area contributed by atoms with Crippen molar-refractivity contribution in [2.75, 3.05) is 16.3 Å². The molecule has 2 aromatic rings. The number of para-hydroxylation sites is 1. The summed E-state index contributed by atoms with van der Waals surface area (Å²) in [6.07, 6.45) is 2.54. The molecule has 2 heterocycles. The predicted molar refractivity (Wildman–Crippen MR) is 122 cm³/mol. The lowest BCUT2D eigenvalue weighted by molar-refractivity contribution is -0.124. The number of rotatable bonds is 3. The number of carbonyl (C=O) groups is 2. The number of nitrogens with zero attached hydrogens (tertiary/aromatic N) is 3. The average molecular weight is 458 g/mol. The molecule has 1 atom stereocenters. The second kappa shape index (κ2) is 7.66. The van der Waals surface area contributed by atoms with Crippen LogP contribution in [0.25, 0.3) is 0 Å². The summed E-state index contributed by atoms with van der Waals surface area (Å²) in [5.74, 6) is -2.61. The fraction of sp³-hybridized carbons (Fsp3) is 0.192. The Morgan fingerprint density at radius 1 is 1.15 bits per heavy atom. The number of allylic oxidation sites excluding steroid dienone is 1. The zero-order valence-electron chi connectivity index (χ0n) is 18.1. The van der Waals surface area contributed by atoms with Crippen molar-refractivity contribution in [1.82, 2.24) is 0 Å². The van der Waals surface area contributed by atoms with E-state index in [4.69, 9.17) is 5.73 Å². The maximum absolute atomic E-state index is 14.9. The van der Waals surface area contributed by atoms with Crippen molar-refractivity contribution in [2.45, 2.75) is 24.7 Å². The maximum Gasteiger partial charge on any atom is 0.248 e. The number of ketones is 1. The zero-order chi connectivity index (χ0) is 24.2. The fourth-order valence-corrected chi connectivity index (χ4v) is 5.38. The van der Waals surface area contributed by atoms with E-state index in [9.17, 15) is 23.6 Å². The van der Waals surface area contributed by atoms with Gasteiger partial charge in [-0.15, -0.1) is 6.58 Å². The average Bonchev–Trinajstić information content (AvgIpc) is 3.05. The van der Waals surface area contributed by atoms with Crippen molar-refractivity contribution in [3.8, 4) is 6.07 Å². The van der Waals surface area contributed by atoms with E-state index < -0.39 is 23.0 Å². The molecular weight excluding hydrogens is 438 g/mol. The Hall–Kier alpha value is -4.25.